The molecule has 4 heteroatoms. The Morgan fingerprint density at radius 2 is 1.82 bits per heavy atom. The van der Waals surface area contributed by atoms with Gasteiger partial charge in [0, 0.05) is 17.8 Å². The predicted octanol–water partition coefficient (Wildman–Crippen LogP) is 1.84. The third-order valence-electron chi connectivity index (χ3n) is 2.07. The molecule has 0 aromatic heterocycles. The molecule has 0 atom stereocenters. The van der Waals surface area contributed by atoms with Crippen LogP contribution in [0.3, 0.4) is 0 Å². The van der Waals surface area contributed by atoms with Crippen molar-refractivity contribution in [1.82, 2.24) is 5.32 Å². The number of rotatable bonds is 5. The molecular formula is C13H15NO3. The molecule has 4 nitrogen and oxygen atoms in total. The molecule has 0 radical (unpaired) electrons. The number of carboxylic acid groups (broad SMARTS) is 1. The number of carboxylic acids is 1. The number of carbonyl (C=O) groups is 2. The highest BCUT2D eigenvalue weighted by molar-refractivity contribution is 6.23. The van der Waals surface area contributed by atoms with Gasteiger partial charge in [0.05, 0.1) is 0 Å². The summed E-state index contributed by atoms with van der Waals surface area (Å²) in [5.74, 6) is -1.72. The van der Waals surface area contributed by atoms with E-state index >= 15 is 0 Å². The first kappa shape index (κ1) is 13.0. The number of carbonyl (C=O) groups excluding carboxylic acids is 1. The molecular weight excluding hydrogens is 218 g/mol. The van der Waals surface area contributed by atoms with E-state index < -0.39 is 11.8 Å². The molecule has 90 valence electrons. The number of hydrogen-bond donors (Lipinski definition) is 2. The van der Waals surface area contributed by atoms with Crippen molar-refractivity contribution in [3.8, 4) is 0 Å². The molecule has 17 heavy (non-hydrogen) atoms. The lowest BCUT2D eigenvalue weighted by atomic mass is 10.0. The summed E-state index contributed by atoms with van der Waals surface area (Å²) in [6.45, 7) is 3.73. The lowest BCUT2D eigenvalue weighted by Gasteiger charge is -2.06. The van der Waals surface area contributed by atoms with E-state index in [-0.39, 0.29) is 11.6 Å². The smallest absolute Gasteiger partial charge is 0.341 e. The maximum Gasteiger partial charge on any atom is 0.341 e. The van der Waals surface area contributed by atoms with Gasteiger partial charge < -0.3 is 10.4 Å². The SMILES string of the molecule is CC(C)NC=C(C(=O)O)C(=O)c1ccccc1. The molecule has 2 N–H and O–H groups in total. The number of benzene rings is 1. The number of aliphatic carboxylic acids is 1. The van der Waals surface area contributed by atoms with E-state index in [1.165, 1.54) is 6.20 Å². The van der Waals surface area contributed by atoms with Gasteiger partial charge in [0.2, 0.25) is 5.78 Å². The summed E-state index contributed by atoms with van der Waals surface area (Å²) in [5.41, 5.74) is 0.108. The minimum atomic E-state index is -1.23. The van der Waals surface area contributed by atoms with Crippen molar-refractivity contribution in [1.29, 1.82) is 0 Å². The van der Waals surface area contributed by atoms with Crippen LogP contribution in [0.2, 0.25) is 0 Å². The van der Waals surface area contributed by atoms with Crippen LogP contribution in [0.1, 0.15) is 24.2 Å². The second-order valence-electron chi connectivity index (χ2n) is 3.88. The van der Waals surface area contributed by atoms with E-state index in [9.17, 15) is 9.59 Å². The Labute approximate surface area is 100.0 Å². The normalized spacial score (nSPS) is 11.4. The van der Waals surface area contributed by atoms with Gasteiger partial charge in [-0.15, -0.1) is 0 Å². The van der Waals surface area contributed by atoms with E-state index in [1.807, 2.05) is 13.8 Å². The van der Waals surface area contributed by atoms with Crippen molar-refractivity contribution >= 4 is 11.8 Å². The molecule has 0 spiro atoms. The summed E-state index contributed by atoms with van der Waals surface area (Å²) < 4.78 is 0. The van der Waals surface area contributed by atoms with E-state index in [0.717, 1.165) is 0 Å². The fourth-order valence-corrected chi connectivity index (χ4v) is 1.22. The summed E-state index contributed by atoms with van der Waals surface area (Å²) in [5, 5.41) is 11.8. The molecule has 0 fully saturated rings. The fraction of sp³-hybridized carbons (Fsp3) is 0.231. The van der Waals surface area contributed by atoms with E-state index in [2.05, 4.69) is 5.32 Å². The van der Waals surface area contributed by atoms with E-state index in [0.29, 0.717) is 5.56 Å². The van der Waals surface area contributed by atoms with Crippen molar-refractivity contribution < 1.29 is 14.7 Å². The first-order valence-corrected chi connectivity index (χ1v) is 5.31. The molecule has 0 aliphatic heterocycles. The van der Waals surface area contributed by atoms with Gasteiger partial charge in [-0.05, 0) is 13.8 Å². The van der Waals surface area contributed by atoms with Gasteiger partial charge in [-0.2, -0.15) is 0 Å². The van der Waals surface area contributed by atoms with Crippen LogP contribution >= 0.6 is 0 Å². The average molecular weight is 233 g/mol. The van der Waals surface area contributed by atoms with Gasteiger partial charge in [-0.25, -0.2) is 4.79 Å². The van der Waals surface area contributed by atoms with Crippen molar-refractivity contribution in [3.63, 3.8) is 0 Å². The second kappa shape index (κ2) is 5.84. The van der Waals surface area contributed by atoms with Gasteiger partial charge in [0.25, 0.3) is 0 Å². The molecule has 1 aromatic rings. The molecule has 1 aromatic carbocycles. The monoisotopic (exact) mass is 233 g/mol. The maximum atomic E-state index is 11.9. The van der Waals surface area contributed by atoms with Gasteiger partial charge in [0.15, 0.2) is 0 Å². The third kappa shape index (κ3) is 3.75. The predicted molar refractivity (Wildman–Crippen MR) is 64.8 cm³/mol. The Morgan fingerprint density at radius 1 is 1.24 bits per heavy atom. The quantitative estimate of drug-likeness (QED) is 0.352. The summed E-state index contributed by atoms with van der Waals surface area (Å²) in [6, 6.07) is 8.43. The number of nitrogens with one attached hydrogen (secondary N) is 1. The number of Topliss-reactive ketones (excluding diaryl/α,β-unsaturated/α-hetero) is 1. The Kier molecular flexibility index (Phi) is 4.46. The lowest BCUT2D eigenvalue weighted by molar-refractivity contribution is -0.132. The van der Waals surface area contributed by atoms with E-state index in [4.69, 9.17) is 5.11 Å². The topological polar surface area (TPSA) is 66.4 Å². The summed E-state index contributed by atoms with van der Waals surface area (Å²) in [7, 11) is 0. The van der Waals surface area contributed by atoms with E-state index in [1.54, 1.807) is 30.3 Å². The average Bonchev–Trinajstić information content (AvgIpc) is 2.29. The Hall–Kier alpha value is -2.10. The van der Waals surface area contributed by atoms with Crippen molar-refractivity contribution in [2.45, 2.75) is 19.9 Å². The summed E-state index contributed by atoms with van der Waals surface area (Å²) in [6.07, 6.45) is 1.25. The van der Waals surface area contributed by atoms with Gasteiger partial charge in [-0.1, -0.05) is 30.3 Å². The van der Waals surface area contributed by atoms with Crippen LogP contribution in [-0.4, -0.2) is 22.9 Å². The molecule has 0 saturated carbocycles. The van der Waals surface area contributed by atoms with Crippen LogP contribution in [0.25, 0.3) is 0 Å². The standard InChI is InChI=1S/C13H15NO3/c1-9(2)14-8-11(13(16)17)12(15)10-6-4-3-5-7-10/h3-9,14H,1-2H3,(H,16,17). The van der Waals surface area contributed by atoms with Crippen molar-refractivity contribution in [2.75, 3.05) is 0 Å². The molecule has 0 amide bonds. The first-order chi connectivity index (χ1) is 8.02. The zero-order chi connectivity index (χ0) is 12.8. The van der Waals surface area contributed by atoms with Crippen LogP contribution < -0.4 is 5.32 Å². The highest BCUT2D eigenvalue weighted by Crippen LogP contribution is 2.08. The highest BCUT2D eigenvalue weighted by atomic mass is 16.4. The van der Waals surface area contributed by atoms with Crippen LogP contribution in [0.5, 0.6) is 0 Å². The number of hydrogen-bond acceptors (Lipinski definition) is 3. The van der Waals surface area contributed by atoms with Crippen LogP contribution in [-0.2, 0) is 4.79 Å². The second-order valence-corrected chi connectivity index (χ2v) is 3.88. The first-order valence-electron chi connectivity index (χ1n) is 5.31. The fourth-order valence-electron chi connectivity index (χ4n) is 1.22. The third-order valence-corrected chi connectivity index (χ3v) is 2.07. The molecule has 0 saturated heterocycles. The summed E-state index contributed by atoms with van der Waals surface area (Å²) in [4.78, 5) is 22.9. The Bertz CT molecular complexity index is 435. The molecule has 0 aliphatic carbocycles. The van der Waals surface area contributed by atoms with Crippen LogP contribution in [0.15, 0.2) is 42.1 Å². The van der Waals surface area contributed by atoms with Gasteiger partial charge in [-0.3, -0.25) is 4.79 Å². The van der Waals surface area contributed by atoms with Gasteiger partial charge >= 0.3 is 5.97 Å². The van der Waals surface area contributed by atoms with Crippen molar-refractivity contribution in [3.05, 3.63) is 47.7 Å². The largest absolute Gasteiger partial charge is 0.477 e. The number of ketones is 1. The Balaban J connectivity index is 2.97. The minimum Gasteiger partial charge on any atom is -0.477 e. The molecule has 1 rings (SSSR count). The minimum absolute atomic E-state index is 0.0768. The molecule has 0 unspecified atom stereocenters. The molecule has 0 aliphatic rings. The zero-order valence-corrected chi connectivity index (χ0v) is 9.81. The Morgan fingerprint density at radius 3 is 2.29 bits per heavy atom. The van der Waals surface area contributed by atoms with Gasteiger partial charge in [0.1, 0.15) is 5.57 Å². The zero-order valence-electron chi connectivity index (χ0n) is 9.81. The molecule has 0 heterocycles. The van der Waals surface area contributed by atoms with Crippen molar-refractivity contribution in [2.24, 2.45) is 0 Å². The lowest BCUT2D eigenvalue weighted by Crippen LogP contribution is -2.21. The van der Waals surface area contributed by atoms with Crippen LogP contribution in [0, 0.1) is 0 Å². The summed E-state index contributed by atoms with van der Waals surface area (Å²) >= 11 is 0. The van der Waals surface area contributed by atoms with Crippen LogP contribution in [0.4, 0.5) is 0 Å². The highest BCUT2D eigenvalue weighted by Gasteiger charge is 2.18. The molecule has 0 bridgehead atoms. The maximum absolute atomic E-state index is 11.9.